The molecule has 0 bridgehead atoms. The quantitative estimate of drug-likeness (QED) is 0.453. The van der Waals surface area contributed by atoms with Gasteiger partial charge in [0.1, 0.15) is 11.4 Å². The second kappa shape index (κ2) is 9.12. The van der Waals surface area contributed by atoms with Crippen LogP contribution in [-0.2, 0) is 9.53 Å². The van der Waals surface area contributed by atoms with Crippen LogP contribution in [0.2, 0.25) is 0 Å². The third-order valence-electron chi connectivity index (χ3n) is 6.08. The number of aromatic carboxylic acids is 1. The zero-order valence-corrected chi connectivity index (χ0v) is 19.3. The molecule has 3 N–H and O–H groups in total. The summed E-state index contributed by atoms with van der Waals surface area (Å²) in [5, 5.41) is 18.3. The highest BCUT2D eigenvalue weighted by Gasteiger charge is 2.34. The van der Waals surface area contributed by atoms with E-state index in [9.17, 15) is 19.5 Å². The molecule has 0 aromatic carbocycles. The monoisotopic (exact) mass is 484 g/mol. The summed E-state index contributed by atoms with van der Waals surface area (Å²) >= 11 is 1.31. The Hall–Kier alpha value is -3.35. The van der Waals surface area contributed by atoms with Crippen LogP contribution < -0.4 is 21.0 Å². The molecule has 3 aromatic rings. The number of carboxylic acid groups (broad SMARTS) is 1. The summed E-state index contributed by atoms with van der Waals surface area (Å²) in [6.45, 7) is 5.43. The van der Waals surface area contributed by atoms with Gasteiger partial charge in [-0.1, -0.05) is 0 Å². The van der Waals surface area contributed by atoms with E-state index < -0.39 is 11.4 Å². The summed E-state index contributed by atoms with van der Waals surface area (Å²) < 4.78 is 7.16. The van der Waals surface area contributed by atoms with Crippen molar-refractivity contribution in [2.75, 3.05) is 44.2 Å². The molecule has 0 saturated carbocycles. The van der Waals surface area contributed by atoms with Crippen LogP contribution in [0.25, 0.3) is 16.2 Å². The van der Waals surface area contributed by atoms with Crippen molar-refractivity contribution in [1.29, 1.82) is 0 Å². The molecule has 5 heterocycles. The van der Waals surface area contributed by atoms with Crippen LogP contribution >= 0.6 is 11.3 Å². The number of nitrogens with one attached hydrogen (secondary N) is 2. The molecule has 0 radical (unpaired) electrons. The topological polar surface area (TPSA) is 139 Å². The van der Waals surface area contributed by atoms with E-state index in [4.69, 9.17) is 9.72 Å². The largest absolute Gasteiger partial charge is 0.477 e. The first-order valence-electron chi connectivity index (χ1n) is 11.0. The SMILES string of the molecule is Cc1cc(N2CC(C(=O)NCC3CNCCO3)C2)nc2c1c(=O)c(C(=O)O)cn2-c1nccs1. The highest BCUT2D eigenvalue weighted by Crippen LogP contribution is 2.28. The summed E-state index contributed by atoms with van der Waals surface area (Å²) in [6, 6.07) is 1.76. The molecular formula is C22H24N6O5S. The minimum atomic E-state index is -1.30. The van der Waals surface area contributed by atoms with Gasteiger partial charge in [-0.3, -0.25) is 14.2 Å². The van der Waals surface area contributed by atoms with Crippen LogP contribution in [0.15, 0.2) is 28.6 Å². The van der Waals surface area contributed by atoms with E-state index in [0.717, 1.165) is 13.1 Å². The third kappa shape index (κ3) is 4.15. The molecule has 5 rings (SSSR count). The van der Waals surface area contributed by atoms with E-state index in [1.165, 1.54) is 17.5 Å². The van der Waals surface area contributed by atoms with Gasteiger partial charge in [0.25, 0.3) is 0 Å². The van der Waals surface area contributed by atoms with Crippen molar-refractivity contribution in [1.82, 2.24) is 25.2 Å². The number of aromatic nitrogens is 3. The number of carbonyl (C=O) groups excluding carboxylic acids is 1. The minimum Gasteiger partial charge on any atom is -0.477 e. The first-order chi connectivity index (χ1) is 16.4. The molecule has 1 atom stereocenters. The molecule has 1 amide bonds. The second-order valence-corrected chi connectivity index (χ2v) is 9.27. The molecule has 34 heavy (non-hydrogen) atoms. The van der Waals surface area contributed by atoms with Crippen LogP contribution in [0.5, 0.6) is 0 Å². The number of nitrogens with zero attached hydrogens (tertiary/aromatic N) is 4. The van der Waals surface area contributed by atoms with E-state index in [2.05, 4.69) is 15.6 Å². The maximum atomic E-state index is 12.9. The van der Waals surface area contributed by atoms with Crippen molar-refractivity contribution < 1.29 is 19.4 Å². The zero-order chi connectivity index (χ0) is 23.8. The van der Waals surface area contributed by atoms with Crippen molar-refractivity contribution in [3.63, 3.8) is 0 Å². The summed E-state index contributed by atoms with van der Waals surface area (Å²) in [7, 11) is 0. The van der Waals surface area contributed by atoms with Gasteiger partial charge >= 0.3 is 5.97 Å². The van der Waals surface area contributed by atoms with Crippen LogP contribution in [0.3, 0.4) is 0 Å². The van der Waals surface area contributed by atoms with Crippen LogP contribution in [0.4, 0.5) is 5.82 Å². The predicted molar refractivity (Wildman–Crippen MR) is 126 cm³/mol. The number of pyridine rings is 2. The molecule has 1 unspecified atom stereocenters. The second-order valence-electron chi connectivity index (χ2n) is 8.40. The number of rotatable bonds is 6. The minimum absolute atomic E-state index is 0.0167. The molecule has 2 aliphatic heterocycles. The number of aryl methyl sites for hydroxylation is 1. The lowest BCUT2D eigenvalue weighted by Crippen LogP contribution is -2.55. The summed E-state index contributed by atoms with van der Waals surface area (Å²) in [6.07, 6.45) is 2.86. The van der Waals surface area contributed by atoms with Crippen molar-refractivity contribution >= 4 is 40.1 Å². The Morgan fingerprint density at radius 3 is 2.88 bits per heavy atom. The Labute approximate surface area is 198 Å². The van der Waals surface area contributed by atoms with E-state index in [0.29, 0.717) is 48.4 Å². The molecule has 178 valence electrons. The molecule has 2 fully saturated rings. The lowest BCUT2D eigenvalue weighted by atomic mass is 9.98. The third-order valence-corrected chi connectivity index (χ3v) is 6.85. The Bertz CT molecular complexity index is 1300. The standard InChI is InChI=1S/C22H24N6O5S/c1-12-6-16(27-9-13(10-27)20(30)25-8-14-7-23-2-4-33-14)26-19-17(12)18(29)15(21(31)32)11-28(19)22-24-3-5-34-22/h3,5-6,11,13-14,23H,2,4,7-10H2,1H3,(H,25,30)(H,31,32). The molecular weight excluding hydrogens is 460 g/mol. The Balaban J connectivity index is 1.38. The Morgan fingerprint density at radius 1 is 1.38 bits per heavy atom. The van der Waals surface area contributed by atoms with Crippen LogP contribution in [0.1, 0.15) is 15.9 Å². The molecule has 0 aliphatic carbocycles. The fourth-order valence-electron chi connectivity index (χ4n) is 4.21. The highest BCUT2D eigenvalue weighted by atomic mass is 32.1. The number of morpholine rings is 1. The van der Waals surface area contributed by atoms with Gasteiger partial charge in [0.05, 0.1) is 24.0 Å². The molecule has 2 saturated heterocycles. The summed E-state index contributed by atoms with van der Waals surface area (Å²) in [5.74, 6) is -0.855. The molecule has 2 aliphatic rings. The fraction of sp³-hybridized carbons (Fsp3) is 0.409. The van der Waals surface area contributed by atoms with Gasteiger partial charge in [-0.25, -0.2) is 14.8 Å². The first kappa shape index (κ1) is 22.4. The van der Waals surface area contributed by atoms with Crippen LogP contribution in [0, 0.1) is 12.8 Å². The van der Waals surface area contributed by atoms with E-state index >= 15 is 0 Å². The smallest absolute Gasteiger partial charge is 0.341 e. The van der Waals surface area contributed by atoms with Gasteiger partial charge in [-0.2, -0.15) is 0 Å². The lowest BCUT2D eigenvalue weighted by Gasteiger charge is -2.39. The maximum absolute atomic E-state index is 12.9. The number of hydrogen-bond donors (Lipinski definition) is 3. The van der Waals surface area contributed by atoms with Crippen molar-refractivity contribution in [2.24, 2.45) is 5.92 Å². The van der Waals surface area contributed by atoms with Gasteiger partial charge in [-0.05, 0) is 18.6 Å². The molecule has 12 heteroatoms. The number of anilines is 1. The Kier molecular flexibility index (Phi) is 6.02. The molecule has 3 aromatic heterocycles. The lowest BCUT2D eigenvalue weighted by molar-refractivity contribution is -0.126. The van der Waals surface area contributed by atoms with E-state index in [1.54, 1.807) is 29.1 Å². The first-order valence-corrected chi connectivity index (χ1v) is 11.9. The number of amides is 1. The van der Waals surface area contributed by atoms with Crippen molar-refractivity contribution in [2.45, 2.75) is 13.0 Å². The van der Waals surface area contributed by atoms with Gasteiger partial charge in [0.2, 0.25) is 11.3 Å². The van der Waals surface area contributed by atoms with Crippen molar-refractivity contribution in [3.05, 3.63) is 45.2 Å². The summed E-state index contributed by atoms with van der Waals surface area (Å²) in [4.78, 5) is 48.0. The van der Waals surface area contributed by atoms with Gasteiger partial charge in [0.15, 0.2) is 10.8 Å². The number of ether oxygens (including phenoxy) is 1. The predicted octanol–water partition coefficient (Wildman–Crippen LogP) is 0.390. The van der Waals surface area contributed by atoms with Gasteiger partial charge < -0.3 is 25.4 Å². The zero-order valence-electron chi connectivity index (χ0n) is 18.5. The molecule has 0 spiro atoms. The van der Waals surface area contributed by atoms with E-state index in [-0.39, 0.29) is 28.9 Å². The number of hydrogen-bond acceptors (Lipinski definition) is 9. The van der Waals surface area contributed by atoms with Crippen molar-refractivity contribution in [3.8, 4) is 5.13 Å². The fourth-order valence-corrected chi connectivity index (χ4v) is 4.83. The average molecular weight is 485 g/mol. The number of carboxylic acids is 1. The number of carbonyl (C=O) groups is 2. The Morgan fingerprint density at radius 2 is 2.21 bits per heavy atom. The normalized spacial score (nSPS) is 18.6. The average Bonchev–Trinajstić information content (AvgIpc) is 3.32. The number of thiazole rings is 1. The van der Waals surface area contributed by atoms with Crippen LogP contribution in [-0.4, -0.2) is 77.0 Å². The molecule has 11 nitrogen and oxygen atoms in total. The highest BCUT2D eigenvalue weighted by molar-refractivity contribution is 7.12. The summed E-state index contributed by atoms with van der Waals surface area (Å²) in [5.41, 5.74) is 0.0494. The van der Waals surface area contributed by atoms with Gasteiger partial charge in [0, 0.05) is 50.5 Å². The van der Waals surface area contributed by atoms with E-state index in [1.807, 2.05) is 4.90 Å². The number of fused-ring (bicyclic) bond motifs is 1. The van der Waals surface area contributed by atoms with Gasteiger partial charge in [-0.15, -0.1) is 11.3 Å². The maximum Gasteiger partial charge on any atom is 0.341 e.